The molecular formula is C31H52F12O9S. The zero-order chi connectivity index (χ0) is 43.8. The molecule has 3 N–H and O–H groups in total. The smallest absolute Gasteiger partial charge is 0.430 e. The van der Waals surface area contributed by atoms with Gasteiger partial charge >= 0.3 is 36.6 Å². The Morgan fingerprint density at radius 2 is 0.981 bits per heavy atom. The fourth-order valence-corrected chi connectivity index (χ4v) is 3.94. The number of carbonyl (C=O) groups excluding carboxylic acids is 2. The van der Waals surface area contributed by atoms with Gasteiger partial charge in [-0.2, -0.15) is 61.1 Å². The molecule has 9 nitrogen and oxygen atoms in total. The molecule has 320 valence electrons. The fourth-order valence-electron chi connectivity index (χ4n) is 3.52. The zero-order valence-corrected chi connectivity index (χ0v) is 32.3. The van der Waals surface area contributed by atoms with Crippen LogP contribution < -0.4 is 0 Å². The van der Waals surface area contributed by atoms with E-state index in [1.165, 1.54) is 41.5 Å². The summed E-state index contributed by atoms with van der Waals surface area (Å²) < 4.78 is 191. The predicted molar refractivity (Wildman–Crippen MR) is 168 cm³/mol. The van der Waals surface area contributed by atoms with Gasteiger partial charge in [-0.15, -0.1) is 0 Å². The molecule has 0 bridgehead atoms. The van der Waals surface area contributed by atoms with Gasteiger partial charge in [-0.3, -0.25) is 14.1 Å². The lowest BCUT2D eigenvalue weighted by Crippen LogP contribution is -2.70. The van der Waals surface area contributed by atoms with Crippen molar-refractivity contribution in [1.82, 2.24) is 0 Å². The molecule has 0 aliphatic carbocycles. The molecule has 22 heteroatoms. The predicted octanol–water partition coefficient (Wildman–Crippen LogP) is 8.90. The molecule has 2 atom stereocenters. The molecule has 0 heterocycles. The van der Waals surface area contributed by atoms with Crippen molar-refractivity contribution in [3.8, 4) is 0 Å². The number of aliphatic hydroxyl groups is 2. The normalized spacial score (nSPS) is 15.4. The second-order valence-corrected chi connectivity index (χ2v) is 16.4. The number of carbonyl (C=O) groups is 2. The van der Waals surface area contributed by atoms with E-state index in [-0.39, 0.29) is 18.8 Å². The van der Waals surface area contributed by atoms with Gasteiger partial charge in [0.25, 0.3) is 21.3 Å². The van der Waals surface area contributed by atoms with E-state index < -0.39 is 92.2 Å². The lowest BCUT2D eigenvalue weighted by molar-refractivity contribution is -0.408. The number of rotatable bonds is 13. The van der Waals surface area contributed by atoms with Gasteiger partial charge in [0.05, 0.1) is 16.1 Å². The van der Waals surface area contributed by atoms with E-state index in [0.717, 1.165) is 0 Å². The standard InChI is InChI=1S/C15H24F6O3.C12H18F6O3.C4H10O3S/c1-6-12(4,5)11(22)24-10(7-9(2)3)8-13(23,14(16,17)18)15(19,20)21;1-6-8(2,3)7(19)21-9(4,5)10(20,11(13,14)15)12(16,17)18;1-3-4(2)8(5,6)7/h9-10,23H,6-8H2,1-5H3;20H,6H2,1-5H3;4H,3H2,1-2H3,(H,5,6,7). The molecule has 0 aromatic heterocycles. The van der Waals surface area contributed by atoms with Crippen LogP contribution in [0, 0.1) is 16.7 Å². The molecule has 0 saturated carbocycles. The summed E-state index contributed by atoms with van der Waals surface area (Å²) >= 11 is 0. The first-order valence-electron chi connectivity index (χ1n) is 16.0. The van der Waals surface area contributed by atoms with Gasteiger partial charge in [-0.25, -0.2) is 0 Å². The summed E-state index contributed by atoms with van der Waals surface area (Å²) in [4.78, 5) is 23.8. The summed E-state index contributed by atoms with van der Waals surface area (Å²) in [5.74, 6) is -2.50. The van der Waals surface area contributed by atoms with Gasteiger partial charge in [0.2, 0.25) is 0 Å². The summed E-state index contributed by atoms with van der Waals surface area (Å²) in [6.45, 7) is 15.8. The molecule has 2 unspecified atom stereocenters. The molecule has 0 amide bonds. The third-order valence-corrected chi connectivity index (χ3v) is 9.82. The Kier molecular flexibility index (Phi) is 19.5. The van der Waals surface area contributed by atoms with E-state index in [9.17, 15) is 80.9 Å². The monoisotopic (exact) mass is 828 g/mol. The maximum atomic E-state index is 12.8. The van der Waals surface area contributed by atoms with Gasteiger partial charge in [-0.1, -0.05) is 34.6 Å². The number of halogens is 12. The first-order chi connectivity index (χ1) is 22.9. The number of ether oxygens (including phenoxy) is 2. The number of hydrogen-bond acceptors (Lipinski definition) is 8. The van der Waals surface area contributed by atoms with Crippen LogP contribution in [-0.2, 0) is 29.2 Å². The summed E-state index contributed by atoms with van der Waals surface area (Å²) in [6.07, 6.45) is -26.8. The Hall–Kier alpha value is -2.07. The van der Waals surface area contributed by atoms with Crippen LogP contribution in [0.1, 0.15) is 115 Å². The van der Waals surface area contributed by atoms with E-state index in [2.05, 4.69) is 4.74 Å². The maximum Gasteiger partial charge on any atom is 0.430 e. The van der Waals surface area contributed by atoms with Crippen LogP contribution in [0.15, 0.2) is 0 Å². The first kappa shape index (κ1) is 55.3. The van der Waals surface area contributed by atoms with Gasteiger partial charge < -0.3 is 19.7 Å². The topological polar surface area (TPSA) is 147 Å². The van der Waals surface area contributed by atoms with Gasteiger partial charge in [0.1, 0.15) is 6.10 Å². The van der Waals surface area contributed by atoms with Crippen molar-refractivity contribution in [2.45, 2.75) is 168 Å². The van der Waals surface area contributed by atoms with Crippen molar-refractivity contribution in [3.63, 3.8) is 0 Å². The van der Waals surface area contributed by atoms with Crippen LogP contribution in [-0.4, -0.2) is 88.0 Å². The Balaban J connectivity index is -0.000000787. The average Bonchev–Trinajstić information content (AvgIpc) is 2.93. The van der Waals surface area contributed by atoms with E-state index in [1.54, 1.807) is 27.7 Å². The molecule has 53 heavy (non-hydrogen) atoms. The molecule has 0 aliphatic rings. The van der Waals surface area contributed by atoms with Gasteiger partial charge in [0, 0.05) is 6.42 Å². The van der Waals surface area contributed by atoms with Crippen molar-refractivity contribution in [1.29, 1.82) is 0 Å². The van der Waals surface area contributed by atoms with Gasteiger partial charge in [0.15, 0.2) is 5.60 Å². The number of alkyl halides is 12. The zero-order valence-electron chi connectivity index (χ0n) is 31.5. The summed E-state index contributed by atoms with van der Waals surface area (Å²) in [5.41, 5.74) is -15.7. The van der Waals surface area contributed by atoms with Crippen LogP contribution >= 0.6 is 0 Å². The van der Waals surface area contributed by atoms with Crippen molar-refractivity contribution in [2.75, 3.05) is 0 Å². The van der Waals surface area contributed by atoms with Crippen molar-refractivity contribution in [2.24, 2.45) is 16.7 Å². The highest BCUT2D eigenvalue weighted by atomic mass is 32.2. The average molecular weight is 829 g/mol. The SMILES string of the molecule is CCC(C)(C)C(=O)OC(C)(C)C(O)(C(F)(F)F)C(F)(F)F.CCC(C)(C)C(=O)OC(CC(C)C)CC(O)(C(F)(F)F)C(F)(F)F.CCC(C)S(=O)(=O)O. The van der Waals surface area contributed by atoms with Gasteiger partial charge in [-0.05, 0) is 80.1 Å². The second-order valence-electron chi connectivity index (χ2n) is 14.5. The Bertz CT molecular complexity index is 1240. The minimum Gasteiger partial charge on any atom is -0.462 e. The second kappa shape index (κ2) is 18.7. The highest BCUT2D eigenvalue weighted by Crippen LogP contribution is 2.51. The van der Waals surface area contributed by atoms with E-state index in [0.29, 0.717) is 26.7 Å². The molecule has 0 aliphatic heterocycles. The highest BCUT2D eigenvalue weighted by molar-refractivity contribution is 7.86. The van der Waals surface area contributed by atoms with Crippen LogP contribution in [0.4, 0.5) is 52.7 Å². The molecule has 0 aromatic rings. The largest absolute Gasteiger partial charge is 0.462 e. The Labute approximate surface area is 301 Å². The Morgan fingerprint density at radius 3 is 1.21 bits per heavy atom. The molecule has 0 spiro atoms. The molecule has 0 fully saturated rings. The van der Waals surface area contributed by atoms with Crippen LogP contribution in [0.2, 0.25) is 0 Å². The highest BCUT2D eigenvalue weighted by Gasteiger charge is 2.79. The van der Waals surface area contributed by atoms with Crippen LogP contribution in [0.25, 0.3) is 0 Å². The maximum absolute atomic E-state index is 12.8. The Morgan fingerprint density at radius 1 is 0.642 bits per heavy atom. The minimum atomic E-state index is -6.06. The minimum absolute atomic E-state index is 0.137. The molecule has 0 rings (SSSR count). The quantitative estimate of drug-likeness (QED) is 0.0941. The third-order valence-electron chi connectivity index (χ3n) is 8.46. The summed E-state index contributed by atoms with van der Waals surface area (Å²) in [5, 5.41) is 17.9. The van der Waals surface area contributed by atoms with Crippen molar-refractivity contribution >= 4 is 22.1 Å². The van der Waals surface area contributed by atoms with E-state index >= 15 is 0 Å². The van der Waals surface area contributed by atoms with E-state index in [4.69, 9.17) is 9.29 Å². The molecular weight excluding hydrogens is 776 g/mol. The molecule has 0 saturated heterocycles. The van der Waals surface area contributed by atoms with Crippen molar-refractivity contribution in [3.05, 3.63) is 0 Å². The first-order valence-corrected chi connectivity index (χ1v) is 17.5. The molecule has 0 aromatic carbocycles. The third kappa shape index (κ3) is 15.2. The van der Waals surface area contributed by atoms with E-state index in [1.807, 2.05) is 0 Å². The van der Waals surface area contributed by atoms with Crippen molar-refractivity contribution < 1.29 is 94.9 Å². The fraction of sp³-hybridized carbons (Fsp3) is 0.935. The molecule has 0 radical (unpaired) electrons. The number of esters is 2. The summed E-state index contributed by atoms with van der Waals surface area (Å²) in [7, 11) is -3.75. The number of hydrogen-bond donors (Lipinski definition) is 3. The summed E-state index contributed by atoms with van der Waals surface area (Å²) in [6, 6.07) is 0. The lowest BCUT2D eigenvalue weighted by Gasteiger charge is -2.44. The lowest BCUT2D eigenvalue weighted by atomic mass is 9.83. The van der Waals surface area contributed by atoms with Crippen LogP contribution in [0.5, 0.6) is 0 Å². The van der Waals surface area contributed by atoms with Crippen LogP contribution in [0.3, 0.4) is 0 Å².